The van der Waals surface area contributed by atoms with Gasteiger partial charge in [0.25, 0.3) is 5.69 Å². The maximum atomic E-state index is 10.6. The van der Waals surface area contributed by atoms with Gasteiger partial charge in [0.15, 0.2) is 5.75 Å². The SMILES string of the molecule is Nc1cc([N+](=O)[O-])ccc1Oc1cccc(Cl)c1. The van der Waals surface area contributed by atoms with Crippen molar-refractivity contribution in [2.24, 2.45) is 0 Å². The Morgan fingerprint density at radius 2 is 2.00 bits per heavy atom. The van der Waals surface area contributed by atoms with Crippen LogP contribution in [0.5, 0.6) is 11.5 Å². The molecule has 0 bridgehead atoms. The van der Waals surface area contributed by atoms with E-state index in [1.807, 2.05) is 0 Å². The molecule has 0 saturated heterocycles. The normalized spacial score (nSPS) is 10.1. The lowest BCUT2D eigenvalue weighted by atomic mass is 10.2. The third-order valence-corrected chi connectivity index (χ3v) is 2.46. The lowest BCUT2D eigenvalue weighted by Gasteiger charge is -2.08. The molecule has 0 unspecified atom stereocenters. The molecule has 0 atom stereocenters. The first-order valence-corrected chi connectivity index (χ1v) is 5.41. The zero-order valence-corrected chi connectivity index (χ0v) is 9.92. The summed E-state index contributed by atoms with van der Waals surface area (Å²) in [6, 6.07) is 10.8. The summed E-state index contributed by atoms with van der Waals surface area (Å²) >= 11 is 5.82. The van der Waals surface area contributed by atoms with Crippen molar-refractivity contribution in [3.8, 4) is 11.5 Å². The van der Waals surface area contributed by atoms with Crippen molar-refractivity contribution in [2.45, 2.75) is 0 Å². The fourth-order valence-corrected chi connectivity index (χ4v) is 1.58. The van der Waals surface area contributed by atoms with E-state index in [-0.39, 0.29) is 11.4 Å². The Kier molecular flexibility index (Phi) is 3.34. The molecule has 6 heteroatoms. The smallest absolute Gasteiger partial charge is 0.271 e. The highest BCUT2D eigenvalue weighted by Crippen LogP contribution is 2.31. The van der Waals surface area contributed by atoms with Crippen LogP contribution in [0.15, 0.2) is 42.5 Å². The summed E-state index contributed by atoms with van der Waals surface area (Å²) in [6.07, 6.45) is 0. The molecular weight excluding hydrogens is 256 g/mol. The summed E-state index contributed by atoms with van der Waals surface area (Å²) in [6.45, 7) is 0. The Hall–Kier alpha value is -2.27. The molecule has 5 nitrogen and oxygen atoms in total. The Labute approximate surface area is 108 Å². The summed E-state index contributed by atoms with van der Waals surface area (Å²) in [4.78, 5) is 10.0. The van der Waals surface area contributed by atoms with E-state index in [2.05, 4.69) is 0 Å². The molecule has 0 aliphatic rings. The van der Waals surface area contributed by atoms with Gasteiger partial charge in [-0.1, -0.05) is 17.7 Å². The molecule has 0 saturated carbocycles. The van der Waals surface area contributed by atoms with Crippen LogP contribution < -0.4 is 10.5 Å². The fourth-order valence-electron chi connectivity index (χ4n) is 1.40. The van der Waals surface area contributed by atoms with E-state index in [1.54, 1.807) is 24.3 Å². The first kappa shape index (κ1) is 12.2. The van der Waals surface area contributed by atoms with E-state index in [0.717, 1.165) is 0 Å². The third-order valence-electron chi connectivity index (χ3n) is 2.23. The molecule has 92 valence electrons. The number of nitro groups is 1. The molecule has 2 rings (SSSR count). The number of nitro benzene ring substituents is 1. The average Bonchev–Trinajstić information content (AvgIpc) is 2.31. The predicted molar refractivity (Wildman–Crippen MR) is 69.0 cm³/mol. The van der Waals surface area contributed by atoms with Gasteiger partial charge in [-0.15, -0.1) is 0 Å². The van der Waals surface area contributed by atoms with E-state index in [4.69, 9.17) is 22.1 Å². The van der Waals surface area contributed by atoms with Crippen LogP contribution in [0, 0.1) is 10.1 Å². The van der Waals surface area contributed by atoms with Gasteiger partial charge in [0.2, 0.25) is 0 Å². The molecule has 0 fully saturated rings. The molecule has 0 aliphatic carbocycles. The van der Waals surface area contributed by atoms with Crippen LogP contribution in [0.25, 0.3) is 0 Å². The van der Waals surface area contributed by atoms with Gasteiger partial charge >= 0.3 is 0 Å². The van der Waals surface area contributed by atoms with Gasteiger partial charge < -0.3 is 10.5 Å². The maximum absolute atomic E-state index is 10.6. The van der Waals surface area contributed by atoms with Crippen molar-refractivity contribution in [3.05, 3.63) is 57.6 Å². The second-order valence-corrected chi connectivity index (χ2v) is 3.98. The number of anilines is 1. The largest absolute Gasteiger partial charge is 0.455 e. The van der Waals surface area contributed by atoms with Crippen LogP contribution in [0.1, 0.15) is 0 Å². The van der Waals surface area contributed by atoms with E-state index in [1.165, 1.54) is 18.2 Å². The Morgan fingerprint density at radius 1 is 1.22 bits per heavy atom. The molecular formula is C12H9ClN2O3. The average molecular weight is 265 g/mol. The van der Waals surface area contributed by atoms with Crippen LogP contribution in [-0.4, -0.2) is 4.92 Å². The Morgan fingerprint density at radius 3 is 2.61 bits per heavy atom. The van der Waals surface area contributed by atoms with Crippen LogP contribution in [-0.2, 0) is 0 Å². The molecule has 0 aromatic heterocycles. The minimum atomic E-state index is -0.514. The molecule has 2 aromatic rings. The number of benzene rings is 2. The van der Waals surface area contributed by atoms with Crippen LogP contribution in [0.4, 0.5) is 11.4 Å². The van der Waals surface area contributed by atoms with Gasteiger partial charge in [-0.2, -0.15) is 0 Å². The highest BCUT2D eigenvalue weighted by Gasteiger charge is 2.10. The zero-order chi connectivity index (χ0) is 13.1. The molecule has 18 heavy (non-hydrogen) atoms. The number of non-ortho nitro benzene ring substituents is 1. The third kappa shape index (κ3) is 2.70. The maximum Gasteiger partial charge on any atom is 0.271 e. The van der Waals surface area contributed by atoms with Crippen LogP contribution >= 0.6 is 11.6 Å². The minimum absolute atomic E-state index is 0.0778. The quantitative estimate of drug-likeness (QED) is 0.522. The van der Waals surface area contributed by atoms with Gasteiger partial charge in [-0.3, -0.25) is 10.1 Å². The van der Waals surface area contributed by atoms with Gasteiger partial charge in [-0.25, -0.2) is 0 Å². The van der Waals surface area contributed by atoms with E-state index in [9.17, 15) is 10.1 Å². The summed E-state index contributed by atoms with van der Waals surface area (Å²) in [7, 11) is 0. The van der Waals surface area contributed by atoms with Crippen molar-refractivity contribution in [1.82, 2.24) is 0 Å². The number of rotatable bonds is 3. The van der Waals surface area contributed by atoms with Crippen LogP contribution in [0.2, 0.25) is 5.02 Å². The first-order chi connectivity index (χ1) is 8.56. The zero-order valence-electron chi connectivity index (χ0n) is 9.17. The second kappa shape index (κ2) is 4.93. The molecule has 2 aromatic carbocycles. The lowest BCUT2D eigenvalue weighted by molar-refractivity contribution is -0.384. The summed E-state index contributed by atoms with van der Waals surface area (Å²) < 4.78 is 5.49. The Balaban J connectivity index is 2.27. The van der Waals surface area contributed by atoms with Crippen molar-refractivity contribution in [2.75, 3.05) is 5.73 Å². The highest BCUT2D eigenvalue weighted by atomic mass is 35.5. The number of hydrogen-bond donors (Lipinski definition) is 1. The lowest BCUT2D eigenvalue weighted by Crippen LogP contribution is -1.95. The van der Waals surface area contributed by atoms with Crippen LogP contribution in [0.3, 0.4) is 0 Å². The van der Waals surface area contributed by atoms with E-state index < -0.39 is 4.92 Å². The second-order valence-electron chi connectivity index (χ2n) is 3.54. The molecule has 0 spiro atoms. The van der Waals surface area contributed by atoms with Crippen molar-refractivity contribution in [1.29, 1.82) is 0 Å². The van der Waals surface area contributed by atoms with Crippen molar-refractivity contribution < 1.29 is 9.66 Å². The predicted octanol–water partition coefficient (Wildman–Crippen LogP) is 3.62. The topological polar surface area (TPSA) is 78.4 Å². The fraction of sp³-hybridized carbons (Fsp3) is 0. The molecule has 0 amide bonds. The first-order valence-electron chi connectivity index (χ1n) is 5.03. The molecule has 0 aliphatic heterocycles. The molecule has 2 N–H and O–H groups in total. The van der Waals surface area contributed by atoms with Crippen molar-refractivity contribution >= 4 is 23.0 Å². The summed E-state index contributed by atoms with van der Waals surface area (Å²) in [5.41, 5.74) is 5.80. The molecule has 0 radical (unpaired) electrons. The number of nitrogens with two attached hydrogens (primary N) is 1. The number of hydrogen-bond acceptors (Lipinski definition) is 4. The van der Waals surface area contributed by atoms with E-state index in [0.29, 0.717) is 16.5 Å². The number of halogens is 1. The summed E-state index contributed by atoms with van der Waals surface area (Å²) in [5, 5.41) is 11.1. The van der Waals surface area contributed by atoms with Gasteiger partial charge in [-0.05, 0) is 24.3 Å². The standard InChI is InChI=1S/C12H9ClN2O3/c13-8-2-1-3-10(6-8)18-12-5-4-9(15(16)17)7-11(12)14/h1-7H,14H2. The Bertz CT molecular complexity index is 602. The van der Waals surface area contributed by atoms with Gasteiger partial charge in [0.1, 0.15) is 5.75 Å². The number of nitrogens with zero attached hydrogens (tertiary/aromatic N) is 1. The highest BCUT2D eigenvalue weighted by molar-refractivity contribution is 6.30. The van der Waals surface area contributed by atoms with Crippen molar-refractivity contribution in [3.63, 3.8) is 0 Å². The van der Waals surface area contributed by atoms with E-state index >= 15 is 0 Å². The van der Waals surface area contributed by atoms with Gasteiger partial charge in [0.05, 0.1) is 10.6 Å². The summed E-state index contributed by atoms with van der Waals surface area (Å²) in [5.74, 6) is 0.867. The monoisotopic (exact) mass is 264 g/mol. The number of ether oxygens (including phenoxy) is 1. The number of nitrogen functional groups attached to an aromatic ring is 1. The molecule has 0 heterocycles. The van der Waals surface area contributed by atoms with Gasteiger partial charge in [0, 0.05) is 17.2 Å². The minimum Gasteiger partial charge on any atom is -0.455 e.